The van der Waals surface area contributed by atoms with Gasteiger partial charge in [-0.15, -0.1) is 0 Å². The molecule has 0 radical (unpaired) electrons. The van der Waals surface area contributed by atoms with Crippen molar-refractivity contribution in [3.8, 4) is 5.75 Å². The molecule has 0 spiro atoms. The number of hydrogen-bond donors (Lipinski definition) is 1. The third kappa shape index (κ3) is 3.08. The number of carbonyl (C=O) groups is 1. The average Bonchev–Trinajstić information content (AvgIpc) is 2.41. The third-order valence-corrected chi connectivity index (χ3v) is 3.26. The van der Waals surface area contributed by atoms with Crippen LogP contribution in [0.4, 0.5) is 4.39 Å². The zero-order chi connectivity index (χ0) is 14.7. The molecule has 0 atom stereocenters. The minimum atomic E-state index is -1.30. The summed E-state index contributed by atoms with van der Waals surface area (Å²) in [4.78, 5) is 10.8. The van der Waals surface area contributed by atoms with Gasteiger partial charge in [-0.05, 0) is 36.8 Å². The van der Waals surface area contributed by atoms with Crippen molar-refractivity contribution in [1.82, 2.24) is 0 Å². The molecule has 0 aliphatic heterocycles. The molecular weight excluding hydrogens is 283 g/mol. The first kappa shape index (κ1) is 14.3. The minimum Gasteiger partial charge on any atom is -0.489 e. The molecule has 0 aliphatic rings. The van der Waals surface area contributed by atoms with Gasteiger partial charge in [0.25, 0.3) is 0 Å². The lowest BCUT2D eigenvalue weighted by atomic mass is 10.1. The molecule has 0 heterocycles. The van der Waals surface area contributed by atoms with Crippen LogP contribution >= 0.6 is 11.6 Å². The summed E-state index contributed by atoms with van der Waals surface area (Å²) < 4.78 is 19.3. The van der Waals surface area contributed by atoms with E-state index < -0.39 is 11.8 Å². The Morgan fingerprint density at radius 2 is 2.10 bits per heavy atom. The molecule has 0 aromatic heterocycles. The van der Waals surface area contributed by atoms with Gasteiger partial charge >= 0.3 is 5.97 Å². The summed E-state index contributed by atoms with van der Waals surface area (Å²) in [7, 11) is 0. The maximum Gasteiger partial charge on any atom is 0.338 e. The van der Waals surface area contributed by atoms with E-state index in [9.17, 15) is 9.18 Å². The second-order valence-electron chi connectivity index (χ2n) is 4.28. The highest BCUT2D eigenvalue weighted by Gasteiger charge is 2.14. The Morgan fingerprint density at radius 1 is 1.35 bits per heavy atom. The predicted octanol–water partition coefficient (Wildman–Crippen LogP) is 4.06. The largest absolute Gasteiger partial charge is 0.489 e. The van der Waals surface area contributed by atoms with Gasteiger partial charge in [0.15, 0.2) is 0 Å². The summed E-state index contributed by atoms with van der Waals surface area (Å²) in [6.07, 6.45) is 0. The number of carboxylic acid groups (broad SMARTS) is 1. The summed E-state index contributed by atoms with van der Waals surface area (Å²) in [5, 5.41) is 9.47. The Morgan fingerprint density at radius 3 is 2.75 bits per heavy atom. The molecule has 0 aliphatic carbocycles. The monoisotopic (exact) mass is 294 g/mol. The topological polar surface area (TPSA) is 46.5 Å². The second kappa shape index (κ2) is 5.92. The first-order valence-electron chi connectivity index (χ1n) is 5.88. The van der Waals surface area contributed by atoms with Gasteiger partial charge in [0, 0.05) is 10.6 Å². The molecule has 104 valence electrons. The standard InChI is InChI=1S/C15H12ClFO3/c1-9-7-11(5-6-13(9)16)20-8-10-3-2-4-12(14(10)17)15(18)19/h2-7H,8H2,1H3,(H,18,19). The van der Waals surface area contributed by atoms with Gasteiger partial charge in [-0.1, -0.05) is 23.7 Å². The van der Waals surface area contributed by atoms with E-state index >= 15 is 0 Å². The first-order valence-corrected chi connectivity index (χ1v) is 6.26. The van der Waals surface area contributed by atoms with Crippen molar-refractivity contribution in [3.63, 3.8) is 0 Å². The summed E-state index contributed by atoms with van der Waals surface area (Å²) >= 11 is 5.90. The van der Waals surface area contributed by atoms with Gasteiger partial charge in [0.1, 0.15) is 18.2 Å². The van der Waals surface area contributed by atoms with E-state index in [1.165, 1.54) is 18.2 Å². The van der Waals surface area contributed by atoms with Crippen molar-refractivity contribution < 1.29 is 19.0 Å². The highest BCUT2D eigenvalue weighted by Crippen LogP contribution is 2.22. The second-order valence-corrected chi connectivity index (χ2v) is 4.69. The molecule has 0 fully saturated rings. The fraction of sp³-hybridized carbons (Fsp3) is 0.133. The Labute approximate surface area is 120 Å². The molecule has 1 N–H and O–H groups in total. The van der Waals surface area contributed by atoms with Crippen LogP contribution in [-0.2, 0) is 6.61 Å². The molecule has 2 aromatic carbocycles. The summed E-state index contributed by atoms with van der Waals surface area (Å²) in [5.74, 6) is -1.52. The van der Waals surface area contributed by atoms with E-state index in [2.05, 4.69) is 0 Å². The van der Waals surface area contributed by atoms with Gasteiger partial charge in [0.05, 0.1) is 5.56 Å². The summed E-state index contributed by atoms with van der Waals surface area (Å²) in [6.45, 7) is 1.79. The number of hydrogen-bond acceptors (Lipinski definition) is 2. The molecule has 0 unspecified atom stereocenters. The van der Waals surface area contributed by atoms with Crippen LogP contribution < -0.4 is 4.74 Å². The lowest BCUT2D eigenvalue weighted by Crippen LogP contribution is -2.06. The van der Waals surface area contributed by atoms with Crippen LogP contribution in [0.15, 0.2) is 36.4 Å². The van der Waals surface area contributed by atoms with Crippen molar-refractivity contribution >= 4 is 17.6 Å². The number of ether oxygens (including phenoxy) is 1. The number of aryl methyl sites for hydroxylation is 1. The van der Waals surface area contributed by atoms with Crippen molar-refractivity contribution in [3.05, 3.63) is 63.9 Å². The van der Waals surface area contributed by atoms with Crippen LogP contribution in [-0.4, -0.2) is 11.1 Å². The van der Waals surface area contributed by atoms with Crippen LogP contribution in [0, 0.1) is 12.7 Å². The SMILES string of the molecule is Cc1cc(OCc2cccc(C(=O)O)c2F)ccc1Cl. The Kier molecular flexibility index (Phi) is 4.25. The van der Waals surface area contributed by atoms with Gasteiger partial charge in [-0.3, -0.25) is 0 Å². The quantitative estimate of drug-likeness (QED) is 0.925. The van der Waals surface area contributed by atoms with E-state index in [1.807, 2.05) is 6.92 Å². The van der Waals surface area contributed by atoms with E-state index in [0.29, 0.717) is 10.8 Å². The summed E-state index contributed by atoms with van der Waals surface area (Å²) in [6, 6.07) is 9.29. The molecule has 0 saturated carbocycles. The van der Waals surface area contributed by atoms with Crippen molar-refractivity contribution in [1.29, 1.82) is 0 Å². The molecular formula is C15H12ClFO3. The van der Waals surface area contributed by atoms with Crippen LogP contribution in [0.5, 0.6) is 5.75 Å². The van der Waals surface area contributed by atoms with Gasteiger partial charge in [-0.2, -0.15) is 0 Å². The molecule has 3 nitrogen and oxygen atoms in total. The Balaban J connectivity index is 2.17. The normalized spacial score (nSPS) is 10.3. The van der Waals surface area contributed by atoms with Crippen LogP contribution in [0.3, 0.4) is 0 Å². The number of rotatable bonds is 4. The lowest BCUT2D eigenvalue weighted by molar-refractivity contribution is 0.0691. The molecule has 2 aromatic rings. The number of benzene rings is 2. The van der Waals surface area contributed by atoms with Gasteiger partial charge in [-0.25, -0.2) is 9.18 Å². The van der Waals surface area contributed by atoms with E-state index in [0.717, 1.165) is 5.56 Å². The van der Waals surface area contributed by atoms with Crippen molar-refractivity contribution in [2.75, 3.05) is 0 Å². The van der Waals surface area contributed by atoms with Crippen molar-refractivity contribution in [2.24, 2.45) is 0 Å². The minimum absolute atomic E-state index is 0.0476. The average molecular weight is 295 g/mol. The van der Waals surface area contributed by atoms with Crippen LogP contribution in [0.2, 0.25) is 5.02 Å². The Hall–Kier alpha value is -2.07. The molecule has 0 amide bonds. The fourth-order valence-electron chi connectivity index (χ4n) is 1.72. The first-order chi connectivity index (χ1) is 9.49. The van der Waals surface area contributed by atoms with Gasteiger partial charge < -0.3 is 9.84 Å². The highest BCUT2D eigenvalue weighted by molar-refractivity contribution is 6.31. The van der Waals surface area contributed by atoms with E-state index in [-0.39, 0.29) is 17.7 Å². The molecule has 2 rings (SSSR count). The summed E-state index contributed by atoms with van der Waals surface area (Å²) in [5.41, 5.74) is 0.680. The highest BCUT2D eigenvalue weighted by atomic mass is 35.5. The number of halogens is 2. The Bertz CT molecular complexity index is 656. The van der Waals surface area contributed by atoms with E-state index in [4.69, 9.17) is 21.4 Å². The number of aromatic carboxylic acids is 1. The fourth-order valence-corrected chi connectivity index (χ4v) is 1.84. The maximum absolute atomic E-state index is 13.9. The van der Waals surface area contributed by atoms with Gasteiger partial charge in [0.2, 0.25) is 0 Å². The number of carboxylic acids is 1. The molecule has 5 heteroatoms. The lowest BCUT2D eigenvalue weighted by Gasteiger charge is -2.09. The van der Waals surface area contributed by atoms with Crippen LogP contribution in [0.1, 0.15) is 21.5 Å². The zero-order valence-corrected chi connectivity index (χ0v) is 11.4. The maximum atomic E-state index is 13.9. The van der Waals surface area contributed by atoms with Crippen molar-refractivity contribution in [2.45, 2.75) is 13.5 Å². The van der Waals surface area contributed by atoms with E-state index in [1.54, 1.807) is 18.2 Å². The third-order valence-electron chi connectivity index (χ3n) is 2.83. The van der Waals surface area contributed by atoms with Crippen LogP contribution in [0.25, 0.3) is 0 Å². The molecule has 0 saturated heterocycles. The smallest absolute Gasteiger partial charge is 0.338 e. The predicted molar refractivity (Wildman–Crippen MR) is 73.9 cm³/mol. The zero-order valence-electron chi connectivity index (χ0n) is 10.7. The molecule has 0 bridgehead atoms. The molecule has 20 heavy (non-hydrogen) atoms.